The lowest BCUT2D eigenvalue weighted by Crippen LogP contribution is -2.06. The molecule has 108 valence electrons. The number of benzene rings is 2. The number of hydrogen-bond acceptors (Lipinski definition) is 1. The van der Waals surface area contributed by atoms with Crippen LogP contribution in [0.25, 0.3) is 11.0 Å². The van der Waals surface area contributed by atoms with E-state index in [1.807, 2.05) is 22.8 Å². The summed E-state index contributed by atoms with van der Waals surface area (Å²) in [6, 6.07) is 13.2. The van der Waals surface area contributed by atoms with Gasteiger partial charge in [0.05, 0.1) is 16.1 Å². The van der Waals surface area contributed by atoms with Gasteiger partial charge in [-0.2, -0.15) is 0 Å². The lowest BCUT2D eigenvalue weighted by Gasteiger charge is -2.13. The van der Waals surface area contributed by atoms with Gasteiger partial charge in [-0.25, -0.2) is 4.39 Å². The predicted octanol–water partition coefficient (Wildman–Crippen LogP) is 5.30. The first kappa shape index (κ1) is 14.3. The van der Waals surface area contributed by atoms with Crippen LogP contribution in [0.4, 0.5) is 4.39 Å². The van der Waals surface area contributed by atoms with Crippen LogP contribution in [0.5, 0.6) is 0 Å². The first-order valence-electron chi connectivity index (χ1n) is 6.69. The molecular weight excluding hydrogens is 307 g/mol. The molecule has 1 N–H and O–H groups in total. The Labute approximate surface area is 132 Å². The Balaban J connectivity index is 2.03. The van der Waals surface area contributed by atoms with Crippen LogP contribution in [0, 0.1) is 10.6 Å². The van der Waals surface area contributed by atoms with Crippen molar-refractivity contribution in [1.29, 1.82) is 0 Å². The van der Waals surface area contributed by atoms with Gasteiger partial charge in [0.1, 0.15) is 5.82 Å². The molecule has 0 spiro atoms. The number of H-pyrrole nitrogens is 1. The molecule has 0 saturated carbocycles. The highest BCUT2D eigenvalue weighted by atomic mass is 35.5. The molecule has 1 atom stereocenters. The molecule has 0 amide bonds. The number of imidazole rings is 1. The van der Waals surface area contributed by atoms with Crippen LogP contribution in [-0.2, 0) is 6.54 Å². The van der Waals surface area contributed by atoms with Gasteiger partial charge >= 0.3 is 0 Å². The summed E-state index contributed by atoms with van der Waals surface area (Å²) < 4.78 is 16.2. The Kier molecular flexibility index (Phi) is 3.83. The molecule has 3 rings (SSSR count). The van der Waals surface area contributed by atoms with Crippen molar-refractivity contribution in [2.24, 2.45) is 0 Å². The number of halogens is 2. The molecule has 2 aromatic carbocycles. The second-order valence-electron chi connectivity index (χ2n) is 5.14. The zero-order valence-electron chi connectivity index (χ0n) is 11.4. The average molecular weight is 321 g/mol. The van der Waals surface area contributed by atoms with E-state index in [0.717, 1.165) is 11.0 Å². The minimum Gasteiger partial charge on any atom is -0.331 e. The van der Waals surface area contributed by atoms with Crippen molar-refractivity contribution in [3.63, 3.8) is 0 Å². The molecule has 1 unspecified atom stereocenters. The number of nitrogens with zero attached hydrogens (tertiary/aromatic N) is 1. The van der Waals surface area contributed by atoms with E-state index >= 15 is 0 Å². The standard InChI is InChI=1S/C16H14ClFN2S/c1-10(11-5-3-2-4-6-11)9-20-15-8-13(18)12(17)7-14(15)19-16(20)21/h2-8,10H,9H2,1H3,(H,19,21). The monoisotopic (exact) mass is 320 g/mol. The zero-order valence-corrected chi connectivity index (χ0v) is 13.0. The van der Waals surface area contributed by atoms with Crippen molar-refractivity contribution in [1.82, 2.24) is 9.55 Å². The number of aromatic nitrogens is 2. The maximum absolute atomic E-state index is 13.7. The molecule has 0 aliphatic heterocycles. The molecule has 1 aromatic heterocycles. The van der Waals surface area contributed by atoms with E-state index in [4.69, 9.17) is 23.8 Å². The third-order valence-corrected chi connectivity index (χ3v) is 4.25. The smallest absolute Gasteiger partial charge is 0.178 e. The quantitative estimate of drug-likeness (QED) is 0.650. The summed E-state index contributed by atoms with van der Waals surface area (Å²) in [7, 11) is 0. The lowest BCUT2D eigenvalue weighted by molar-refractivity contribution is 0.600. The van der Waals surface area contributed by atoms with Gasteiger partial charge in [0.2, 0.25) is 0 Å². The molecule has 0 aliphatic carbocycles. The van der Waals surface area contributed by atoms with Crippen LogP contribution >= 0.6 is 23.8 Å². The van der Waals surface area contributed by atoms with E-state index in [1.54, 1.807) is 6.07 Å². The van der Waals surface area contributed by atoms with Gasteiger partial charge in [-0.05, 0) is 29.8 Å². The fourth-order valence-corrected chi connectivity index (χ4v) is 2.94. The summed E-state index contributed by atoms with van der Waals surface area (Å²) in [5, 5.41) is 0.0991. The van der Waals surface area contributed by atoms with Crippen LogP contribution < -0.4 is 0 Å². The van der Waals surface area contributed by atoms with Gasteiger partial charge in [-0.1, -0.05) is 48.9 Å². The van der Waals surface area contributed by atoms with E-state index in [-0.39, 0.29) is 10.9 Å². The van der Waals surface area contributed by atoms with E-state index < -0.39 is 5.82 Å². The highest BCUT2D eigenvalue weighted by molar-refractivity contribution is 7.71. The molecule has 3 aromatic rings. The zero-order chi connectivity index (χ0) is 15.0. The molecular formula is C16H14ClFN2S. The first-order chi connectivity index (χ1) is 10.1. The van der Waals surface area contributed by atoms with Gasteiger partial charge in [0, 0.05) is 12.6 Å². The van der Waals surface area contributed by atoms with Crippen molar-refractivity contribution >= 4 is 34.9 Å². The highest BCUT2D eigenvalue weighted by Crippen LogP contribution is 2.25. The summed E-state index contributed by atoms with van der Waals surface area (Å²) in [4.78, 5) is 3.08. The third kappa shape index (κ3) is 2.74. The SMILES string of the molecule is CC(Cn1c(=S)[nH]c2cc(Cl)c(F)cc21)c1ccccc1. The Morgan fingerprint density at radius 1 is 1.29 bits per heavy atom. The maximum Gasteiger partial charge on any atom is 0.178 e. The molecule has 0 bridgehead atoms. The number of nitrogens with one attached hydrogen (secondary N) is 1. The van der Waals surface area contributed by atoms with E-state index in [1.165, 1.54) is 11.6 Å². The largest absolute Gasteiger partial charge is 0.331 e. The van der Waals surface area contributed by atoms with Crippen molar-refractivity contribution in [2.75, 3.05) is 0 Å². The van der Waals surface area contributed by atoms with E-state index in [9.17, 15) is 4.39 Å². The fraction of sp³-hybridized carbons (Fsp3) is 0.188. The average Bonchev–Trinajstić information content (AvgIpc) is 2.76. The molecule has 2 nitrogen and oxygen atoms in total. The Morgan fingerprint density at radius 2 is 2.00 bits per heavy atom. The van der Waals surface area contributed by atoms with Gasteiger partial charge in [0.15, 0.2) is 4.77 Å². The normalized spacial score (nSPS) is 12.7. The van der Waals surface area contributed by atoms with Crippen molar-refractivity contribution < 1.29 is 4.39 Å². The van der Waals surface area contributed by atoms with Gasteiger partial charge in [0.25, 0.3) is 0 Å². The number of hydrogen-bond donors (Lipinski definition) is 1. The molecule has 0 aliphatic rings. The van der Waals surface area contributed by atoms with Crippen LogP contribution in [-0.4, -0.2) is 9.55 Å². The molecule has 0 radical (unpaired) electrons. The second-order valence-corrected chi connectivity index (χ2v) is 5.93. The van der Waals surface area contributed by atoms with E-state index in [0.29, 0.717) is 11.3 Å². The molecule has 0 fully saturated rings. The van der Waals surface area contributed by atoms with Crippen LogP contribution in [0.1, 0.15) is 18.4 Å². The predicted molar refractivity (Wildman–Crippen MR) is 86.9 cm³/mol. The summed E-state index contributed by atoms with van der Waals surface area (Å²) in [6.45, 7) is 2.81. The molecule has 1 heterocycles. The summed E-state index contributed by atoms with van der Waals surface area (Å²) >= 11 is 11.2. The first-order valence-corrected chi connectivity index (χ1v) is 7.47. The van der Waals surface area contributed by atoms with Crippen molar-refractivity contribution in [3.05, 3.63) is 63.6 Å². The maximum atomic E-state index is 13.7. The number of fused-ring (bicyclic) bond motifs is 1. The lowest BCUT2D eigenvalue weighted by atomic mass is 10.0. The minimum absolute atomic E-state index is 0.0991. The Bertz CT molecular complexity index is 839. The molecule has 0 saturated heterocycles. The van der Waals surface area contributed by atoms with Crippen molar-refractivity contribution in [2.45, 2.75) is 19.4 Å². The molecule has 5 heteroatoms. The third-order valence-electron chi connectivity index (χ3n) is 3.64. The van der Waals surface area contributed by atoms with Gasteiger partial charge in [-0.3, -0.25) is 0 Å². The van der Waals surface area contributed by atoms with Crippen molar-refractivity contribution in [3.8, 4) is 0 Å². The fourth-order valence-electron chi connectivity index (χ4n) is 2.49. The topological polar surface area (TPSA) is 20.7 Å². The minimum atomic E-state index is -0.431. The summed E-state index contributed by atoms with van der Waals surface area (Å²) in [5.41, 5.74) is 2.72. The highest BCUT2D eigenvalue weighted by Gasteiger charge is 2.12. The van der Waals surface area contributed by atoms with E-state index in [2.05, 4.69) is 24.0 Å². The van der Waals surface area contributed by atoms with Gasteiger partial charge in [-0.15, -0.1) is 0 Å². The second kappa shape index (κ2) is 5.62. The van der Waals surface area contributed by atoms with Crippen LogP contribution in [0.15, 0.2) is 42.5 Å². The summed E-state index contributed by atoms with van der Waals surface area (Å²) in [5.74, 6) is -0.157. The van der Waals surface area contributed by atoms with Gasteiger partial charge < -0.3 is 9.55 Å². The molecule has 21 heavy (non-hydrogen) atoms. The van der Waals surface area contributed by atoms with Crippen LogP contribution in [0.3, 0.4) is 0 Å². The summed E-state index contributed by atoms with van der Waals surface area (Å²) in [6.07, 6.45) is 0. The Morgan fingerprint density at radius 3 is 2.71 bits per heavy atom. The van der Waals surface area contributed by atoms with Crippen LogP contribution in [0.2, 0.25) is 5.02 Å². The Hall–Kier alpha value is -1.65. The number of rotatable bonds is 3. The number of aromatic amines is 1.